The van der Waals surface area contributed by atoms with Crippen molar-refractivity contribution in [1.82, 2.24) is 0 Å². The Morgan fingerprint density at radius 3 is 2.63 bits per heavy atom. The zero-order valence-corrected chi connectivity index (χ0v) is 11.6. The molecule has 0 bridgehead atoms. The van der Waals surface area contributed by atoms with Gasteiger partial charge in [-0.15, -0.1) is 0 Å². The Bertz CT molecular complexity index is 404. The monoisotopic (exact) mass is 266 g/mol. The predicted octanol–water partition coefficient (Wildman–Crippen LogP) is 2.18. The average Bonchev–Trinajstić information content (AvgIpc) is 2.41. The molecule has 1 aromatic rings. The second-order valence-electron chi connectivity index (χ2n) is 4.80. The molecule has 0 aliphatic heterocycles. The molecular weight excluding hydrogens is 242 g/mol. The topological polar surface area (TPSA) is 61.4 Å². The van der Waals surface area contributed by atoms with Crippen LogP contribution in [0.5, 0.6) is 0 Å². The van der Waals surface area contributed by atoms with Crippen molar-refractivity contribution >= 4 is 5.97 Å². The number of aliphatic hydroxyl groups is 1. The number of nitrogens with zero attached hydrogens (tertiary/aromatic N) is 1. The highest BCUT2D eigenvalue weighted by Gasteiger charge is 2.14. The van der Waals surface area contributed by atoms with E-state index in [2.05, 4.69) is 6.92 Å². The van der Waals surface area contributed by atoms with E-state index in [1.807, 2.05) is 10.6 Å². The first-order valence-electron chi connectivity index (χ1n) is 7.05. The van der Waals surface area contributed by atoms with Gasteiger partial charge in [-0.3, -0.25) is 0 Å². The summed E-state index contributed by atoms with van der Waals surface area (Å²) in [5.74, 6) is -0.893. The fraction of sp³-hybridized carbons (Fsp3) is 0.600. The number of hydrogen-bond donors (Lipinski definition) is 2. The molecule has 0 atom stereocenters. The molecule has 0 aliphatic rings. The van der Waals surface area contributed by atoms with Crippen molar-refractivity contribution in [2.75, 3.05) is 6.61 Å². The molecule has 0 radical (unpaired) electrons. The SMILES string of the molecule is CCCCCC[n+]1cc(C(=O)O)ccc1CCCO. The minimum absolute atomic E-state index is 0.163. The summed E-state index contributed by atoms with van der Waals surface area (Å²) < 4.78 is 2.02. The van der Waals surface area contributed by atoms with Crippen molar-refractivity contribution in [3.63, 3.8) is 0 Å². The van der Waals surface area contributed by atoms with Crippen LogP contribution in [0.1, 0.15) is 55.1 Å². The van der Waals surface area contributed by atoms with E-state index in [1.165, 1.54) is 19.3 Å². The molecule has 4 heteroatoms. The number of unbranched alkanes of at least 4 members (excludes halogenated alkanes) is 3. The van der Waals surface area contributed by atoms with Gasteiger partial charge < -0.3 is 10.2 Å². The van der Waals surface area contributed by atoms with Gasteiger partial charge in [0.1, 0.15) is 12.1 Å². The molecular formula is C15H24NO3+. The number of aliphatic hydroxyl groups excluding tert-OH is 1. The predicted molar refractivity (Wildman–Crippen MR) is 73.1 cm³/mol. The fourth-order valence-electron chi connectivity index (χ4n) is 2.11. The van der Waals surface area contributed by atoms with E-state index in [0.29, 0.717) is 12.0 Å². The molecule has 1 rings (SSSR count). The number of pyridine rings is 1. The average molecular weight is 266 g/mol. The number of carboxylic acids is 1. The summed E-state index contributed by atoms with van der Waals surface area (Å²) in [5.41, 5.74) is 1.42. The normalized spacial score (nSPS) is 10.6. The Morgan fingerprint density at radius 1 is 1.21 bits per heavy atom. The number of aromatic nitrogens is 1. The summed E-state index contributed by atoms with van der Waals surface area (Å²) in [6, 6.07) is 3.50. The number of carboxylic acid groups (broad SMARTS) is 1. The standard InChI is InChI=1S/C15H23NO3/c1-2-3-4-5-10-16-12-13(15(18)19)8-9-14(16)7-6-11-17/h8-9,12,17H,2-7,10-11H2,1H3/p+1. The summed E-state index contributed by atoms with van der Waals surface area (Å²) in [6.07, 6.45) is 7.84. The zero-order valence-electron chi connectivity index (χ0n) is 11.6. The first kappa shape index (κ1) is 15.6. The van der Waals surface area contributed by atoms with E-state index < -0.39 is 5.97 Å². The first-order valence-corrected chi connectivity index (χ1v) is 7.05. The van der Waals surface area contributed by atoms with Crippen LogP contribution in [-0.2, 0) is 13.0 Å². The first-order chi connectivity index (χ1) is 9.19. The van der Waals surface area contributed by atoms with Crippen molar-refractivity contribution in [2.45, 2.75) is 52.0 Å². The van der Waals surface area contributed by atoms with Gasteiger partial charge >= 0.3 is 5.97 Å². The Labute approximate surface area is 114 Å². The largest absolute Gasteiger partial charge is 0.477 e. The molecule has 0 aliphatic carbocycles. The van der Waals surface area contributed by atoms with E-state index in [0.717, 1.165) is 25.1 Å². The van der Waals surface area contributed by atoms with Crippen LogP contribution in [0.15, 0.2) is 18.3 Å². The molecule has 4 nitrogen and oxygen atoms in total. The summed E-state index contributed by atoms with van der Waals surface area (Å²) in [6.45, 7) is 3.18. The lowest BCUT2D eigenvalue weighted by Crippen LogP contribution is -2.39. The zero-order chi connectivity index (χ0) is 14.1. The van der Waals surface area contributed by atoms with Crippen molar-refractivity contribution < 1.29 is 19.6 Å². The number of hydrogen-bond acceptors (Lipinski definition) is 2. The molecule has 1 heterocycles. The molecule has 1 aromatic heterocycles. The van der Waals surface area contributed by atoms with Crippen LogP contribution in [0.2, 0.25) is 0 Å². The van der Waals surface area contributed by atoms with Crippen LogP contribution in [0, 0.1) is 0 Å². The van der Waals surface area contributed by atoms with Crippen molar-refractivity contribution in [3.05, 3.63) is 29.6 Å². The van der Waals surface area contributed by atoms with Crippen LogP contribution in [0.4, 0.5) is 0 Å². The summed E-state index contributed by atoms with van der Waals surface area (Å²) in [7, 11) is 0. The molecule has 0 amide bonds. The Morgan fingerprint density at radius 2 is 2.00 bits per heavy atom. The summed E-state index contributed by atoms with van der Waals surface area (Å²) in [5, 5.41) is 17.9. The van der Waals surface area contributed by atoms with Crippen LogP contribution in [0.3, 0.4) is 0 Å². The smallest absolute Gasteiger partial charge is 0.341 e. The van der Waals surface area contributed by atoms with Crippen molar-refractivity contribution in [2.24, 2.45) is 0 Å². The minimum atomic E-state index is -0.893. The van der Waals surface area contributed by atoms with Gasteiger partial charge in [0, 0.05) is 25.5 Å². The van der Waals surface area contributed by atoms with E-state index in [9.17, 15) is 4.79 Å². The molecule has 0 saturated carbocycles. The van der Waals surface area contributed by atoms with E-state index in [-0.39, 0.29) is 6.61 Å². The second-order valence-corrected chi connectivity index (χ2v) is 4.80. The van der Waals surface area contributed by atoms with E-state index in [1.54, 1.807) is 12.3 Å². The van der Waals surface area contributed by atoms with E-state index >= 15 is 0 Å². The third kappa shape index (κ3) is 5.39. The van der Waals surface area contributed by atoms with Crippen LogP contribution < -0.4 is 4.57 Å². The highest BCUT2D eigenvalue weighted by atomic mass is 16.4. The number of carbonyl (C=O) groups is 1. The number of rotatable bonds is 9. The van der Waals surface area contributed by atoms with Crippen molar-refractivity contribution in [1.29, 1.82) is 0 Å². The van der Waals surface area contributed by atoms with Gasteiger partial charge in [0.15, 0.2) is 11.9 Å². The van der Waals surface area contributed by atoms with Crippen LogP contribution in [-0.4, -0.2) is 22.8 Å². The van der Waals surface area contributed by atoms with Gasteiger partial charge in [-0.1, -0.05) is 19.8 Å². The minimum Gasteiger partial charge on any atom is -0.477 e. The lowest BCUT2D eigenvalue weighted by Gasteiger charge is -2.05. The third-order valence-corrected chi connectivity index (χ3v) is 3.21. The van der Waals surface area contributed by atoms with Crippen LogP contribution in [0.25, 0.3) is 0 Å². The molecule has 19 heavy (non-hydrogen) atoms. The summed E-state index contributed by atoms with van der Waals surface area (Å²) in [4.78, 5) is 11.0. The number of aromatic carboxylic acids is 1. The molecule has 2 N–H and O–H groups in total. The van der Waals surface area contributed by atoms with Gasteiger partial charge in [0.25, 0.3) is 0 Å². The summed E-state index contributed by atoms with van der Waals surface area (Å²) >= 11 is 0. The molecule has 0 fully saturated rings. The molecule has 106 valence electrons. The second kappa shape index (κ2) is 8.64. The van der Waals surface area contributed by atoms with Crippen LogP contribution >= 0.6 is 0 Å². The Hall–Kier alpha value is -1.42. The maximum Gasteiger partial charge on any atom is 0.341 e. The number of aryl methyl sites for hydroxylation is 2. The Balaban J connectivity index is 2.75. The van der Waals surface area contributed by atoms with Gasteiger partial charge in [-0.05, 0) is 18.9 Å². The maximum absolute atomic E-state index is 11.0. The third-order valence-electron chi connectivity index (χ3n) is 3.21. The highest BCUT2D eigenvalue weighted by Crippen LogP contribution is 2.04. The quantitative estimate of drug-likeness (QED) is 0.532. The maximum atomic E-state index is 11.0. The molecule has 0 spiro atoms. The van der Waals surface area contributed by atoms with Gasteiger partial charge in [0.05, 0.1) is 0 Å². The molecule has 0 saturated heterocycles. The lowest BCUT2D eigenvalue weighted by molar-refractivity contribution is -0.704. The van der Waals surface area contributed by atoms with Crippen molar-refractivity contribution in [3.8, 4) is 0 Å². The van der Waals surface area contributed by atoms with E-state index in [4.69, 9.17) is 10.2 Å². The van der Waals surface area contributed by atoms with Gasteiger partial charge in [0.2, 0.25) is 0 Å². The highest BCUT2D eigenvalue weighted by molar-refractivity contribution is 5.86. The van der Waals surface area contributed by atoms with Gasteiger partial charge in [-0.2, -0.15) is 0 Å². The fourth-order valence-corrected chi connectivity index (χ4v) is 2.11. The van der Waals surface area contributed by atoms with Gasteiger partial charge in [-0.25, -0.2) is 9.36 Å². The molecule has 0 aromatic carbocycles. The molecule has 0 unspecified atom stereocenters. The lowest BCUT2D eigenvalue weighted by atomic mass is 10.1. The Kier molecular flexibility index (Phi) is 7.11.